The Balaban J connectivity index is 4.04. The molecule has 0 atom stereocenters. The van der Waals surface area contributed by atoms with Crippen molar-refractivity contribution in [1.82, 2.24) is 0 Å². The van der Waals surface area contributed by atoms with Crippen molar-refractivity contribution in [3.8, 4) is 0 Å². The molecule has 0 radical (unpaired) electrons. The van der Waals surface area contributed by atoms with Crippen molar-refractivity contribution in [3.63, 3.8) is 0 Å². The molecule has 0 N–H and O–H groups in total. The van der Waals surface area contributed by atoms with Gasteiger partial charge in [0.1, 0.15) is 6.29 Å². The summed E-state index contributed by atoms with van der Waals surface area (Å²) in [5.41, 5.74) is 0. The Kier molecular flexibility index (Phi) is 4.91. The molecule has 0 heterocycles. The number of hydrogen-bond donors (Lipinski definition) is 0. The molecule has 10 heavy (non-hydrogen) atoms. The Morgan fingerprint density at radius 1 is 1.30 bits per heavy atom. The van der Waals surface area contributed by atoms with Crippen LogP contribution < -0.4 is 0 Å². The highest BCUT2D eigenvalue weighted by molar-refractivity contribution is 8.17. The summed E-state index contributed by atoms with van der Waals surface area (Å²) in [7, 11) is 0. The third-order valence-corrected chi connectivity index (χ3v) is 4.18. The molecule has 0 aromatic carbocycles. The highest BCUT2D eigenvalue weighted by Gasteiger charge is 2.15. The zero-order valence-corrected chi connectivity index (χ0v) is 8.09. The van der Waals surface area contributed by atoms with E-state index in [1.165, 1.54) is 0 Å². The third-order valence-electron chi connectivity index (χ3n) is 1.29. The van der Waals surface area contributed by atoms with Gasteiger partial charge in [-0.05, 0) is 25.5 Å². The van der Waals surface area contributed by atoms with Crippen LogP contribution >= 0.6 is 23.5 Å². The molecule has 58 valence electrons. The first-order chi connectivity index (χ1) is 4.68. The molecule has 0 aromatic rings. The van der Waals surface area contributed by atoms with Gasteiger partial charge in [0.2, 0.25) is 0 Å². The third kappa shape index (κ3) is 3.32. The zero-order chi connectivity index (χ0) is 8.04. The average Bonchev–Trinajstić information content (AvgIpc) is 2.00. The second kappa shape index (κ2) is 4.85. The minimum absolute atomic E-state index is 0.0565. The number of aldehydes is 1. The second-order valence-corrected chi connectivity index (χ2v) is 4.69. The quantitative estimate of drug-likeness (QED) is 0.371. The van der Waals surface area contributed by atoms with Crippen LogP contribution in [-0.4, -0.2) is 22.9 Å². The first-order valence-electron chi connectivity index (χ1n) is 2.92. The summed E-state index contributed by atoms with van der Waals surface area (Å²) in [6.45, 7) is 2.09. The number of allylic oxidation sites excluding steroid dienone is 1. The molecule has 0 aliphatic carbocycles. The van der Waals surface area contributed by atoms with E-state index in [-0.39, 0.29) is 4.08 Å². The molecule has 0 spiro atoms. The van der Waals surface area contributed by atoms with E-state index in [1.807, 2.05) is 18.6 Å². The molecule has 0 saturated carbocycles. The van der Waals surface area contributed by atoms with Crippen LogP contribution in [0.5, 0.6) is 0 Å². The van der Waals surface area contributed by atoms with Crippen molar-refractivity contribution < 1.29 is 4.79 Å². The lowest BCUT2D eigenvalue weighted by molar-refractivity contribution is -0.104. The molecule has 3 heteroatoms. The molecule has 0 unspecified atom stereocenters. The summed E-state index contributed by atoms with van der Waals surface area (Å²) < 4.78 is 0.0565. The summed E-state index contributed by atoms with van der Waals surface area (Å²) in [4.78, 5) is 9.98. The van der Waals surface area contributed by atoms with Gasteiger partial charge in [-0.2, -0.15) is 0 Å². The Morgan fingerprint density at radius 3 is 2.10 bits per heavy atom. The van der Waals surface area contributed by atoms with Gasteiger partial charge >= 0.3 is 0 Å². The van der Waals surface area contributed by atoms with Crippen molar-refractivity contribution in [1.29, 1.82) is 0 Å². The van der Waals surface area contributed by atoms with E-state index in [0.29, 0.717) is 0 Å². The van der Waals surface area contributed by atoms with Crippen molar-refractivity contribution in [2.75, 3.05) is 12.5 Å². The Labute approximate surface area is 70.6 Å². The van der Waals surface area contributed by atoms with E-state index in [9.17, 15) is 4.79 Å². The van der Waals surface area contributed by atoms with Crippen LogP contribution in [0.2, 0.25) is 0 Å². The smallest absolute Gasteiger partial charge is 0.142 e. The van der Waals surface area contributed by atoms with Crippen LogP contribution in [0.15, 0.2) is 12.2 Å². The Bertz CT molecular complexity index is 128. The monoisotopic (exact) mass is 176 g/mol. The van der Waals surface area contributed by atoms with E-state index in [1.54, 1.807) is 29.6 Å². The maximum absolute atomic E-state index is 9.98. The van der Waals surface area contributed by atoms with E-state index in [0.717, 1.165) is 6.29 Å². The van der Waals surface area contributed by atoms with Crippen molar-refractivity contribution in [2.45, 2.75) is 11.0 Å². The zero-order valence-electron chi connectivity index (χ0n) is 6.46. The molecule has 0 fully saturated rings. The lowest BCUT2D eigenvalue weighted by atomic mass is 10.4. The molecule has 0 saturated heterocycles. The molecular weight excluding hydrogens is 164 g/mol. The van der Waals surface area contributed by atoms with Crippen LogP contribution in [0.25, 0.3) is 0 Å². The summed E-state index contributed by atoms with van der Waals surface area (Å²) in [6, 6.07) is 0. The number of hydrogen-bond acceptors (Lipinski definition) is 3. The van der Waals surface area contributed by atoms with Gasteiger partial charge < -0.3 is 0 Å². The topological polar surface area (TPSA) is 17.1 Å². The molecule has 0 aromatic heterocycles. The van der Waals surface area contributed by atoms with Gasteiger partial charge in [0.25, 0.3) is 0 Å². The number of carbonyl (C=O) groups excluding carboxylic acids is 1. The highest BCUT2D eigenvalue weighted by Crippen LogP contribution is 2.34. The number of carbonyl (C=O) groups is 1. The van der Waals surface area contributed by atoms with Gasteiger partial charge in [0.15, 0.2) is 0 Å². The second-order valence-electron chi connectivity index (χ2n) is 1.92. The van der Waals surface area contributed by atoms with Crippen LogP contribution in [-0.2, 0) is 4.79 Å². The van der Waals surface area contributed by atoms with Crippen LogP contribution in [0.1, 0.15) is 6.92 Å². The number of thioether (sulfide) groups is 2. The molecule has 0 aliphatic heterocycles. The van der Waals surface area contributed by atoms with Gasteiger partial charge in [-0.3, -0.25) is 4.79 Å². The highest BCUT2D eigenvalue weighted by atomic mass is 32.2. The molecular formula is C7H12OS2. The maximum atomic E-state index is 9.98. The van der Waals surface area contributed by atoms with Crippen molar-refractivity contribution in [2.24, 2.45) is 0 Å². The van der Waals surface area contributed by atoms with E-state index in [4.69, 9.17) is 0 Å². The maximum Gasteiger partial charge on any atom is 0.142 e. The van der Waals surface area contributed by atoms with Gasteiger partial charge in [0.05, 0.1) is 4.08 Å². The van der Waals surface area contributed by atoms with Crippen LogP contribution in [0, 0.1) is 0 Å². The first kappa shape index (κ1) is 10.1. The van der Waals surface area contributed by atoms with Gasteiger partial charge in [-0.25, -0.2) is 0 Å². The molecule has 0 rings (SSSR count). The van der Waals surface area contributed by atoms with E-state index >= 15 is 0 Å². The lowest BCUT2D eigenvalue weighted by Gasteiger charge is -2.19. The predicted molar refractivity (Wildman–Crippen MR) is 50.6 cm³/mol. The van der Waals surface area contributed by atoms with Crippen molar-refractivity contribution >= 4 is 29.8 Å². The normalized spacial score (nSPS) is 12.3. The minimum atomic E-state index is 0.0565. The lowest BCUT2D eigenvalue weighted by Crippen LogP contribution is -2.08. The Hall–Kier alpha value is 0.110. The summed E-state index contributed by atoms with van der Waals surface area (Å²) in [5, 5.41) is 0. The summed E-state index contributed by atoms with van der Waals surface area (Å²) in [5.74, 6) is 0. The van der Waals surface area contributed by atoms with E-state index in [2.05, 4.69) is 6.92 Å². The molecule has 1 nitrogen and oxygen atoms in total. The molecule has 0 aliphatic rings. The van der Waals surface area contributed by atoms with E-state index < -0.39 is 0 Å². The van der Waals surface area contributed by atoms with Crippen LogP contribution in [0.3, 0.4) is 0 Å². The van der Waals surface area contributed by atoms with Crippen LogP contribution in [0.4, 0.5) is 0 Å². The SMILES string of the molecule is CSC(C)(/C=C\C=O)SC. The minimum Gasteiger partial charge on any atom is -0.299 e. The Morgan fingerprint density at radius 2 is 1.80 bits per heavy atom. The summed E-state index contributed by atoms with van der Waals surface area (Å²) >= 11 is 3.46. The number of rotatable bonds is 4. The fraction of sp³-hybridized carbons (Fsp3) is 0.571. The largest absolute Gasteiger partial charge is 0.299 e. The fourth-order valence-corrected chi connectivity index (χ4v) is 1.53. The fourth-order valence-electron chi connectivity index (χ4n) is 0.433. The summed E-state index contributed by atoms with van der Waals surface area (Å²) in [6.07, 6.45) is 8.34. The van der Waals surface area contributed by atoms with Gasteiger partial charge in [-0.15, -0.1) is 23.5 Å². The van der Waals surface area contributed by atoms with Crippen molar-refractivity contribution in [3.05, 3.63) is 12.2 Å². The first-order valence-corrected chi connectivity index (χ1v) is 5.37. The molecule has 0 bridgehead atoms. The van der Waals surface area contributed by atoms with Gasteiger partial charge in [-0.1, -0.05) is 6.08 Å². The average molecular weight is 176 g/mol. The van der Waals surface area contributed by atoms with Gasteiger partial charge in [0, 0.05) is 0 Å². The predicted octanol–water partition coefficient (Wildman–Crippen LogP) is 2.18. The standard InChI is InChI=1S/C7H12OS2/c1-7(9-2,10-3)5-4-6-8/h4-6H,1-3H3/b5-4-. The molecule has 0 amide bonds.